The molecule has 0 atom stereocenters. The Hall–Kier alpha value is -3.33. The topological polar surface area (TPSA) is 66.5 Å². The maximum Gasteiger partial charge on any atom is 0.416 e. The highest BCUT2D eigenvalue weighted by Gasteiger charge is 2.33. The Morgan fingerprint density at radius 1 is 0.971 bits per heavy atom. The third kappa shape index (κ3) is 6.42. The van der Waals surface area contributed by atoms with E-state index in [4.69, 9.17) is 0 Å². The molecule has 0 spiro atoms. The van der Waals surface area contributed by atoms with Crippen molar-refractivity contribution in [1.29, 1.82) is 0 Å². The quantitative estimate of drug-likeness (QED) is 0.388. The van der Waals surface area contributed by atoms with E-state index in [0.29, 0.717) is 11.8 Å². The maximum atomic E-state index is 13.4. The zero-order valence-corrected chi connectivity index (χ0v) is 20.5. The summed E-state index contributed by atoms with van der Waals surface area (Å²) in [5, 5.41) is 2.82. The van der Waals surface area contributed by atoms with Crippen LogP contribution in [0.2, 0.25) is 0 Å². The molecule has 0 fully saturated rings. The van der Waals surface area contributed by atoms with E-state index in [1.807, 2.05) is 32.9 Å². The lowest BCUT2D eigenvalue weighted by molar-refractivity contribution is -0.137. The first-order valence-corrected chi connectivity index (χ1v) is 12.5. The highest BCUT2D eigenvalue weighted by Crippen LogP contribution is 2.32. The molecule has 0 radical (unpaired) electrons. The van der Waals surface area contributed by atoms with Crippen molar-refractivity contribution in [3.8, 4) is 0 Å². The summed E-state index contributed by atoms with van der Waals surface area (Å²) < 4.78 is 67.5. The Kier molecular flexibility index (Phi) is 7.90. The minimum atomic E-state index is -4.69. The molecule has 0 saturated carbocycles. The summed E-state index contributed by atoms with van der Waals surface area (Å²) in [5.41, 5.74) is 1.64. The number of carbonyl (C=O) groups excluding carboxylic acids is 1. The number of carbonyl (C=O) groups is 1. The van der Waals surface area contributed by atoms with Crippen molar-refractivity contribution in [2.24, 2.45) is 0 Å². The van der Waals surface area contributed by atoms with Gasteiger partial charge in [0.05, 0.1) is 16.1 Å². The molecule has 0 aliphatic carbocycles. The number of benzene rings is 3. The summed E-state index contributed by atoms with van der Waals surface area (Å²) >= 11 is 0. The first kappa shape index (κ1) is 26.3. The first-order chi connectivity index (χ1) is 16.4. The standard InChI is InChI=1S/C26H27F3N2O3S/c1-18(2)23-9-4-5-10-24(23)30-25(32)15-16-31(21-13-11-19(3)12-14-21)35(33,34)22-8-6-7-20(17-22)26(27,28)29/h4-14,17-18H,15-16H2,1-3H3,(H,30,32). The Morgan fingerprint density at radius 2 is 1.63 bits per heavy atom. The van der Waals surface area contributed by atoms with E-state index in [-0.39, 0.29) is 24.6 Å². The SMILES string of the molecule is Cc1ccc(N(CCC(=O)Nc2ccccc2C(C)C)S(=O)(=O)c2cccc(C(F)(F)F)c2)cc1. The van der Waals surface area contributed by atoms with Crippen LogP contribution in [-0.4, -0.2) is 20.9 Å². The largest absolute Gasteiger partial charge is 0.416 e. The summed E-state index contributed by atoms with van der Waals surface area (Å²) in [6, 6.07) is 17.4. The molecule has 0 bridgehead atoms. The van der Waals surface area contributed by atoms with Gasteiger partial charge in [0.1, 0.15) is 0 Å². The number of halogens is 3. The van der Waals surface area contributed by atoms with Crippen LogP contribution in [0.25, 0.3) is 0 Å². The van der Waals surface area contributed by atoms with E-state index >= 15 is 0 Å². The third-order valence-corrected chi connectivity index (χ3v) is 7.29. The van der Waals surface area contributed by atoms with Gasteiger partial charge in [-0.05, 0) is 54.8 Å². The lowest BCUT2D eigenvalue weighted by Gasteiger charge is -2.25. The van der Waals surface area contributed by atoms with Crippen molar-refractivity contribution in [3.63, 3.8) is 0 Å². The summed E-state index contributed by atoms with van der Waals surface area (Å²) in [4.78, 5) is 12.2. The van der Waals surface area contributed by atoms with E-state index in [0.717, 1.165) is 33.6 Å². The van der Waals surface area contributed by atoms with Gasteiger partial charge < -0.3 is 5.32 Å². The molecular weight excluding hydrogens is 477 g/mol. The molecule has 0 aliphatic heterocycles. The van der Waals surface area contributed by atoms with Crippen LogP contribution < -0.4 is 9.62 Å². The van der Waals surface area contributed by atoms with E-state index in [2.05, 4.69) is 5.32 Å². The van der Waals surface area contributed by atoms with E-state index in [1.54, 1.807) is 36.4 Å². The number of amides is 1. The molecule has 0 unspecified atom stereocenters. The van der Waals surface area contributed by atoms with Gasteiger partial charge in [0.25, 0.3) is 10.0 Å². The van der Waals surface area contributed by atoms with Gasteiger partial charge in [0.15, 0.2) is 0 Å². The molecule has 3 aromatic rings. The second-order valence-electron chi connectivity index (χ2n) is 8.48. The number of hydrogen-bond acceptors (Lipinski definition) is 3. The molecule has 3 rings (SSSR count). The summed E-state index contributed by atoms with van der Waals surface area (Å²) in [7, 11) is -4.39. The fourth-order valence-corrected chi connectivity index (χ4v) is 5.10. The number of rotatable bonds is 8. The van der Waals surface area contributed by atoms with E-state index in [1.165, 1.54) is 0 Å². The second-order valence-corrected chi connectivity index (χ2v) is 10.3. The Morgan fingerprint density at radius 3 is 2.26 bits per heavy atom. The molecule has 0 aliphatic rings. The first-order valence-electron chi connectivity index (χ1n) is 11.0. The summed E-state index contributed by atoms with van der Waals surface area (Å²) in [6.07, 6.45) is -4.89. The number of alkyl halides is 3. The van der Waals surface area contributed by atoms with Crippen LogP contribution in [0.1, 0.15) is 42.9 Å². The maximum absolute atomic E-state index is 13.4. The molecule has 0 aromatic heterocycles. The third-order valence-electron chi connectivity index (χ3n) is 5.47. The molecule has 9 heteroatoms. The van der Waals surface area contributed by atoms with Crippen molar-refractivity contribution in [3.05, 3.63) is 89.5 Å². The Labute approximate surface area is 203 Å². The normalized spacial score (nSPS) is 12.0. The van der Waals surface area contributed by atoms with Crippen LogP contribution >= 0.6 is 0 Å². The van der Waals surface area contributed by atoms with Crippen molar-refractivity contribution < 1.29 is 26.4 Å². The molecule has 0 saturated heterocycles. The van der Waals surface area contributed by atoms with Crippen LogP contribution in [0.4, 0.5) is 24.5 Å². The van der Waals surface area contributed by atoms with Crippen LogP contribution in [0.15, 0.2) is 77.7 Å². The number of sulfonamides is 1. The smallest absolute Gasteiger partial charge is 0.326 e. The van der Waals surface area contributed by atoms with Crippen LogP contribution in [0.3, 0.4) is 0 Å². The van der Waals surface area contributed by atoms with Crippen molar-refractivity contribution >= 4 is 27.3 Å². The van der Waals surface area contributed by atoms with E-state index < -0.39 is 32.6 Å². The minimum Gasteiger partial charge on any atom is -0.326 e. The molecule has 35 heavy (non-hydrogen) atoms. The average molecular weight is 505 g/mol. The van der Waals surface area contributed by atoms with Gasteiger partial charge in [-0.2, -0.15) is 13.2 Å². The highest BCUT2D eigenvalue weighted by molar-refractivity contribution is 7.92. The Balaban J connectivity index is 1.90. The predicted molar refractivity (Wildman–Crippen MR) is 131 cm³/mol. The number of nitrogens with one attached hydrogen (secondary N) is 1. The monoisotopic (exact) mass is 504 g/mol. The van der Waals surface area contributed by atoms with Gasteiger partial charge in [-0.25, -0.2) is 8.42 Å². The number of aryl methyl sites for hydroxylation is 1. The highest BCUT2D eigenvalue weighted by atomic mass is 32.2. The van der Waals surface area contributed by atoms with Crippen LogP contribution in [0, 0.1) is 6.92 Å². The minimum absolute atomic E-state index is 0.164. The van der Waals surface area contributed by atoms with Crippen LogP contribution in [0.5, 0.6) is 0 Å². The molecular formula is C26H27F3N2O3S. The van der Waals surface area contributed by atoms with Crippen LogP contribution in [-0.2, 0) is 21.0 Å². The molecule has 5 nitrogen and oxygen atoms in total. The van der Waals surface area contributed by atoms with Gasteiger partial charge in [-0.15, -0.1) is 0 Å². The fraction of sp³-hybridized carbons (Fsp3) is 0.269. The number of nitrogens with zero attached hydrogens (tertiary/aromatic N) is 1. The Bertz CT molecular complexity index is 1290. The van der Waals surface area contributed by atoms with Gasteiger partial charge in [-0.1, -0.05) is 55.8 Å². The molecule has 1 N–H and O–H groups in total. The van der Waals surface area contributed by atoms with Crippen molar-refractivity contribution in [1.82, 2.24) is 0 Å². The lowest BCUT2D eigenvalue weighted by Crippen LogP contribution is -2.34. The van der Waals surface area contributed by atoms with Gasteiger partial charge in [0.2, 0.25) is 5.91 Å². The fourth-order valence-electron chi connectivity index (χ4n) is 3.59. The summed E-state index contributed by atoms with van der Waals surface area (Å²) in [5.74, 6) is -0.244. The molecule has 186 valence electrons. The second kappa shape index (κ2) is 10.5. The van der Waals surface area contributed by atoms with Crippen molar-refractivity contribution in [2.75, 3.05) is 16.2 Å². The number of hydrogen-bond donors (Lipinski definition) is 1. The number of anilines is 2. The van der Waals surface area contributed by atoms with Crippen molar-refractivity contribution in [2.45, 2.75) is 44.2 Å². The predicted octanol–water partition coefficient (Wildman–Crippen LogP) is 6.36. The van der Waals surface area contributed by atoms with E-state index in [9.17, 15) is 26.4 Å². The van der Waals surface area contributed by atoms with Gasteiger partial charge in [0, 0.05) is 18.7 Å². The van der Waals surface area contributed by atoms with Gasteiger partial charge in [-0.3, -0.25) is 9.10 Å². The average Bonchev–Trinajstić information content (AvgIpc) is 2.80. The molecule has 3 aromatic carbocycles. The lowest BCUT2D eigenvalue weighted by atomic mass is 10.0. The van der Waals surface area contributed by atoms with Gasteiger partial charge >= 0.3 is 6.18 Å². The zero-order chi connectivity index (χ0) is 25.8. The number of para-hydroxylation sites is 1. The summed E-state index contributed by atoms with van der Waals surface area (Å²) in [6.45, 7) is 5.56. The zero-order valence-electron chi connectivity index (χ0n) is 19.6. The molecule has 1 amide bonds. The molecule has 0 heterocycles.